The average molecular weight is 281 g/mol. The van der Waals surface area contributed by atoms with Gasteiger partial charge in [-0.2, -0.15) is 0 Å². The molecule has 2 amide bonds. The molecule has 0 atom stereocenters. The highest BCUT2D eigenvalue weighted by atomic mass is 19.1. The quantitative estimate of drug-likeness (QED) is 0.879. The van der Waals surface area contributed by atoms with Crippen LogP contribution in [0.15, 0.2) is 60.2 Å². The molecule has 1 aliphatic heterocycles. The van der Waals surface area contributed by atoms with Crippen LogP contribution in [-0.4, -0.2) is 11.8 Å². The van der Waals surface area contributed by atoms with Crippen molar-refractivity contribution >= 4 is 11.8 Å². The molecule has 21 heavy (non-hydrogen) atoms. The highest BCUT2D eigenvalue weighted by Crippen LogP contribution is 2.21. The van der Waals surface area contributed by atoms with E-state index in [9.17, 15) is 14.0 Å². The Morgan fingerprint density at radius 1 is 0.857 bits per heavy atom. The fourth-order valence-corrected chi connectivity index (χ4v) is 2.26. The lowest BCUT2D eigenvalue weighted by Crippen LogP contribution is -2.22. The molecule has 4 heteroatoms. The molecule has 0 bridgehead atoms. The van der Waals surface area contributed by atoms with Gasteiger partial charge in [0.25, 0.3) is 11.8 Å². The maximum absolute atomic E-state index is 12.9. The molecule has 2 aromatic rings. The number of carbonyl (C=O) groups excluding carboxylic acids is 2. The number of imide groups is 1. The highest BCUT2D eigenvalue weighted by molar-refractivity contribution is 6.16. The van der Waals surface area contributed by atoms with E-state index in [0.29, 0.717) is 12.0 Å². The Balaban J connectivity index is 1.78. The van der Waals surface area contributed by atoms with E-state index in [2.05, 4.69) is 5.32 Å². The average Bonchev–Trinajstić information content (AvgIpc) is 2.79. The van der Waals surface area contributed by atoms with Crippen molar-refractivity contribution in [1.82, 2.24) is 5.32 Å². The Morgan fingerprint density at radius 2 is 1.43 bits per heavy atom. The molecule has 0 aromatic heterocycles. The van der Waals surface area contributed by atoms with Crippen molar-refractivity contribution in [3.63, 3.8) is 0 Å². The Bertz CT molecular complexity index is 730. The molecule has 104 valence electrons. The first-order valence-corrected chi connectivity index (χ1v) is 6.52. The molecule has 0 fully saturated rings. The Kier molecular flexibility index (Phi) is 3.36. The third kappa shape index (κ3) is 2.89. The van der Waals surface area contributed by atoms with Crippen molar-refractivity contribution in [3.05, 3.63) is 71.6 Å². The zero-order valence-corrected chi connectivity index (χ0v) is 11.1. The largest absolute Gasteiger partial charge is 0.289 e. The van der Waals surface area contributed by atoms with E-state index >= 15 is 0 Å². The summed E-state index contributed by atoms with van der Waals surface area (Å²) < 4.78 is 12.9. The number of benzene rings is 2. The van der Waals surface area contributed by atoms with Crippen LogP contribution in [0.1, 0.15) is 5.56 Å². The second kappa shape index (κ2) is 5.32. The molecule has 0 unspecified atom stereocenters. The summed E-state index contributed by atoms with van der Waals surface area (Å²) in [6, 6.07) is 13.9. The second-order valence-electron chi connectivity index (χ2n) is 4.87. The molecule has 2 aromatic carbocycles. The minimum Gasteiger partial charge on any atom is -0.289 e. The van der Waals surface area contributed by atoms with Crippen LogP contribution in [0.25, 0.3) is 11.1 Å². The lowest BCUT2D eigenvalue weighted by molar-refractivity contribution is -0.123. The van der Waals surface area contributed by atoms with Crippen molar-refractivity contribution < 1.29 is 14.0 Å². The van der Waals surface area contributed by atoms with Crippen LogP contribution in [0, 0.1) is 5.82 Å². The van der Waals surface area contributed by atoms with Crippen molar-refractivity contribution in [1.29, 1.82) is 0 Å². The maximum atomic E-state index is 12.9. The third-order valence-corrected chi connectivity index (χ3v) is 3.36. The van der Waals surface area contributed by atoms with Crippen LogP contribution >= 0.6 is 0 Å². The Hall–Kier alpha value is -2.75. The zero-order valence-electron chi connectivity index (χ0n) is 11.1. The number of carbonyl (C=O) groups is 2. The van der Waals surface area contributed by atoms with Gasteiger partial charge in [0.1, 0.15) is 5.82 Å². The first-order valence-electron chi connectivity index (χ1n) is 6.52. The minimum absolute atomic E-state index is 0.265. The SMILES string of the molecule is O=C1C=C(Cc2ccc(-c3ccc(F)cc3)cc2)C(=O)N1. The van der Waals surface area contributed by atoms with Gasteiger partial charge < -0.3 is 0 Å². The first kappa shape index (κ1) is 13.2. The fraction of sp³-hybridized carbons (Fsp3) is 0.0588. The third-order valence-electron chi connectivity index (χ3n) is 3.36. The van der Waals surface area contributed by atoms with E-state index in [1.165, 1.54) is 18.2 Å². The van der Waals surface area contributed by atoms with Crippen LogP contribution in [0.4, 0.5) is 4.39 Å². The molecule has 3 rings (SSSR count). The van der Waals surface area contributed by atoms with Crippen molar-refractivity contribution in [2.45, 2.75) is 6.42 Å². The number of hydrogen-bond acceptors (Lipinski definition) is 2. The van der Waals surface area contributed by atoms with Gasteiger partial charge in [-0.15, -0.1) is 0 Å². The monoisotopic (exact) mass is 281 g/mol. The highest BCUT2D eigenvalue weighted by Gasteiger charge is 2.20. The van der Waals surface area contributed by atoms with Gasteiger partial charge in [-0.1, -0.05) is 36.4 Å². The lowest BCUT2D eigenvalue weighted by atomic mass is 10.0. The van der Waals surface area contributed by atoms with Gasteiger partial charge in [0, 0.05) is 18.1 Å². The number of halogens is 1. The summed E-state index contributed by atoms with van der Waals surface area (Å²) in [6.45, 7) is 0. The van der Waals surface area contributed by atoms with Crippen LogP contribution in [0.2, 0.25) is 0 Å². The number of rotatable bonds is 3. The molecule has 0 saturated heterocycles. The minimum atomic E-state index is -0.363. The van der Waals surface area contributed by atoms with Crippen LogP contribution in [0.5, 0.6) is 0 Å². The first-order chi connectivity index (χ1) is 10.1. The molecule has 0 aliphatic carbocycles. The van der Waals surface area contributed by atoms with E-state index in [0.717, 1.165) is 16.7 Å². The van der Waals surface area contributed by atoms with Gasteiger partial charge >= 0.3 is 0 Å². The summed E-state index contributed by atoms with van der Waals surface area (Å²) in [7, 11) is 0. The number of amides is 2. The van der Waals surface area contributed by atoms with Crippen LogP contribution in [-0.2, 0) is 16.0 Å². The Morgan fingerprint density at radius 3 is 1.95 bits per heavy atom. The normalized spacial score (nSPS) is 14.0. The molecule has 1 heterocycles. The Labute approximate surface area is 121 Å². The second-order valence-corrected chi connectivity index (χ2v) is 4.87. The molecule has 0 spiro atoms. The zero-order chi connectivity index (χ0) is 14.8. The van der Waals surface area contributed by atoms with E-state index in [1.54, 1.807) is 12.1 Å². The topological polar surface area (TPSA) is 46.2 Å². The summed E-state index contributed by atoms with van der Waals surface area (Å²) in [5.74, 6) is -0.959. The van der Waals surface area contributed by atoms with Gasteiger partial charge in [0.15, 0.2) is 0 Å². The van der Waals surface area contributed by atoms with Gasteiger partial charge in [-0.25, -0.2) is 4.39 Å². The molecular weight excluding hydrogens is 269 g/mol. The predicted molar refractivity (Wildman–Crippen MR) is 76.8 cm³/mol. The van der Waals surface area contributed by atoms with Gasteiger partial charge in [0.2, 0.25) is 0 Å². The summed E-state index contributed by atoms with van der Waals surface area (Å²) >= 11 is 0. The molecule has 1 aliphatic rings. The smallest absolute Gasteiger partial charge is 0.254 e. The van der Waals surface area contributed by atoms with Gasteiger partial charge in [0.05, 0.1) is 0 Å². The summed E-state index contributed by atoms with van der Waals surface area (Å²) in [5, 5.41) is 2.22. The van der Waals surface area contributed by atoms with E-state index < -0.39 is 0 Å². The van der Waals surface area contributed by atoms with E-state index in [-0.39, 0.29) is 17.6 Å². The van der Waals surface area contributed by atoms with Crippen molar-refractivity contribution in [2.24, 2.45) is 0 Å². The van der Waals surface area contributed by atoms with Crippen molar-refractivity contribution in [3.8, 4) is 11.1 Å². The molecule has 1 N–H and O–H groups in total. The summed E-state index contributed by atoms with van der Waals surface area (Å²) in [4.78, 5) is 22.6. The molecule has 3 nitrogen and oxygen atoms in total. The van der Waals surface area contributed by atoms with Crippen LogP contribution in [0.3, 0.4) is 0 Å². The van der Waals surface area contributed by atoms with E-state index in [4.69, 9.17) is 0 Å². The van der Waals surface area contributed by atoms with Gasteiger partial charge in [-0.3, -0.25) is 14.9 Å². The summed E-state index contributed by atoms with van der Waals surface area (Å²) in [6.07, 6.45) is 1.75. The number of hydrogen-bond donors (Lipinski definition) is 1. The van der Waals surface area contributed by atoms with E-state index in [1.807, 2.05) is 24.3 Å². The molecule has 0 saturated carbocycles. The van der Waals surface area contributed by atoms with Crippen LogP contribution < -0.4 is 5.32 Å². The standard InChI is InChI=1S/C17H12FNO2/c18-15-7-5-13(6-8-15)12-3-1-11(2-4-12)9-14-10-16(20)19-17(14)21/h1-8,10H,9H2,(H,19,20,21). The van der Waals surface area contributed by atoms with Crippen molar-refractivity contribution in [2.75, 3.05) is 0 Å². The fourth-order valence-electron chi connectivity index (χ4n) is 2.26. The number of nitrogens with one attached hydrogen (secondary N) is 1. The lowest BCUT2D eigenvalue weighted by Gasteiger charge is -2.05. The summed E-state index contributed by atoms with van der Waals surface area (Å²) in [5.41, 5.74) is 3.31. The van der Waals surface area contributed by atoms with Gasteiger partial charge in [-0.05, 0) is 28.8 Å². The maximum Gasteiger partial charge on any atom is 0.254 e. The predicted octanol–water partition coefficient (Wildman–Crippen LogP) is 2.62. The molecule has 0 radical (unpaired) electrons. The molecular formula is C17H12FNO2.